The third-order valence-corrected chi connectivity index (χ3v) is 4.61. The highest BCUT2D eigenvalue weighted by atomic mass is 79.9. The van der Waals surface area contributed by atoms with E-state index in [1.54, 1.807) is 7.11 Å². The minimum absolute atomic E-state index is 0.396. The molecule has 3 aromatic rings. The average Bonchev–Trinajstić information content (AvgIpc) is 2.85. The van der Waals surface area contributed by atoms with Crippen molar-refractivity contribution < 1.29 is 17.9 Å². The maximum absolute atomic E-state index is 12.7. The van der Waals surface area contributed by atoms with Gasteiger partial charge in [-0.25, -0.2) is 4.98 Å². The van der Waals surface area contributed by atoms with Gasteiger partial charge in [0.2, 0.25) is 0 Å². The van der Waals surface area contributed by atoms with Crippen LogP contribution in [0.5, 0.6) is 5.88 Å². The molecular weight excluding hydrogens is 385 g/mol. The highest BCUT2D eigenvalue weighted by Gasteiger charge is 2.29. The van der Waals surface area contributed by atoms with Gasteiger partial charge in [-0.05, 0) is 52.2 Å². The number of fused-ring (bicyclic) bond motifs is 1. The molecule has 126 valence electrons. The third-order valence-electron chi connectivity index (χ3n) is 3.81. The number of aromatic nitrogens is 2. The lowest BCUT2D eigenvalue weighted by Crippen LogP contribution is -2.06. The topological polar surface area (TPSA) is 27.1 Å². The summed E-state index contributed by atoms with van der Waals surface area (Å²) in [6.07, 6.45) is -4.33. The molecule has 1 aromatic carbocycles. The second-order valence-corrected chi connectivity index (χ2v) is 6.22. The number of alkyl halides is 3. The Bertz CT molecular complexity index is 885. The summed E-state index contributed by atoms with van der Waals surface area (Å²) in [4.78, 5) is 4.46. The molecule has 0 aliphatic heterocycles. The molecule has 3 rings (SSSR count). The molecule has 0 atom stereocenters. The molecule has 0 amide bonds. The highest BCUT2D eigenvalue weighted by Crippen LogP contribution is 2.31. The fourth-order valence-electron chi connectivity index (χ4n) is 2.54. The Labute approximate surface area is 145 Å². The molecule has 0 aliphatic carbocycles. The van der Waals surface area contributed by atoms with Gasteiger partial charge in [0.25, 0.3) is 0 Å². The maximum Gasteiger partial charge on any atom is 0.416 e. The number of rotatable bonds is 3. The summed E-state index contributed by atoms with van der Waals surface area (Å²) in [5, 5.41) is 0. The summed E-state index contributed by atoms with van der Waals surface area (Å²) >= 11 is 3.40. The summed E-state index contributed by atoms with van der Waals surface area (Å²) in [7, 11) is 1.55. The number of halogens is 4. The summed E-state index contributed by atoms with van der Waals surface area (Å²) in [6, 6.07) is 8.92. The van der Waals surface area contributed by atoms with Crippen molar-refractivity contribution in [2.24, 2.45) is 0 Å². The zero-order valence-electron chi connectivity index (χ0n) is 13.0. The van der Waals surface area contributed by atoms with Crippen LogP contribution in [0, 0.1) is 6.92 Å². The van der Waals surface area contributed by atoms with Gasteiger partial charge in [0.15, 0.2) is 5.88 Å². The van der Waals surface area contributed by atoms with Crippen molar-refractivity contribution in [1.82, 2.24) is 9.55 Å². The van der Waals surface area contributed by atoms with Crippen LogP contribution >= 0.6 is 15.9 Å². The van der Waals surface area contributed by atoms with Crippen molar-refractivity contribution in [1.29, 1.82) is 0 Å². The number of hydrogen-bond acceptors (Lipinski definition) is 2. The van der Waals surface area contributed by atoms with E-state index in [0.29, 0.717) is 12.4 Å². The van der Waals surface area contributed by atoms with Crippen LogP contribution in [0.1, 0.15) is 16.7 Å². The van der Waals surface area contributed by atoms with Gasteiger partial charge in [-0.15, -0.1) is 0 Å². The minimum Gasteiger partial charge on any atom is -0.482 e. The normalized spacial score (nSPS) is 11.9. The van der Waals surface area contributed by atoms with Crippen molar-refractivity contribution >= 4 is 27.0 Å². The molecule has 0 radical (unpaired) electrons. The van der Waals surface area contributed by atoms with Gasteiger partial charge < -0.3 is 9.30 Å². The summed E-state index contributed by atoms with van der Waals surface area (Å²) in [5.74, 6) is 0.606. The number of nitrogens with zero attached hydrogens (tertiary/aromatic N) is 2. The number of methoxy groups -OCH3 is 1. The van der Waals surface area contributed by atoms with E-state index in [4.69, 9.17) is 4.74 Å². The van der Waals surface area contributed by atoms with Gasteiger partial charge in [-0.1, -0.05) is 12.1 Å². The van der Waals surface area contributed by atoms with E-state index < -0.39 is 11.7 Å². The SMILES string of the molecule is COc1cc2nc(Br)c(C)cc2n1Cc1ccc(C(F)(F)F)cc1. The Morgan fingerprint density at radius 1 is 1.17 bits per heavy atom. The largest absolute Gasteiger partial charge is 0.482 e. The second-order valence-electron chi connectivity index (χ2n) is 5.47. The molecule has 7 heteroatoms. The summed E-state index contributed by atoms with van der Waals surface area (Å²) in [5.41, 5.74) is 2.69. The predicted molar refractivity (Wildman–Crippen MR) is 89.3 cm³/mol. The number of benzene rings is 1. The molecule has 2 aromatic heterocycles. The number of hydrogen-bond donors (Lipinski definition) is 0. The molecule has 0 unspecified atom stereocenters. The van der Waals surface area contributed by atoms with E-state index in [1.807, 2.05) is 23.6 Å². The molecule has 0 aliphatic rings. The molecule has 2 heterocycles. The van der Waals surface area contributed by atoms with E-state index >= 15 is 0 Å². The Hall–Kier alpha value is -2.02. The van der Waals surface area contributed by atoms with Gasteiger partial charge >= 0.3 is 6.18 Å². The van der Waals surface area contributed by atoms with E-state index in [2.05, 4.69) is 20.9 Å². The molecule has 0 bridgehead atoms. The fraction of sp³-hybridized carbons (Fsp3) is 0.235. The molecule has 24 heavy (non-hydrogen) atoms. The molecule has 0 fully saturated rings. The third kappa shape index (κ3) is 3.13. The van der Waals surface area contributed by atoms with Crippen LogP contribution in [-0.4, -0.2) is 16.7 Å². The number of ether oxygens (including phenoxy) is 1. The van der Waals surface area contributed by atoms with Gasteiger partial charge in [-0.3, -0.25) is 0 Å². The molecule has 3 nitrogen and oxygen atoms in total. The lowest BCUT2D eigenvalue weighted by Gasteiger charge is -2.11. The van der Waals surface area contributed by atoms with Crippen molar-refractivity contribution in [2.75, 3.05) is 7.11 Å². The number of aryl methyl sites for hydroxylation is 1. The summed E-state index contributed by atoms with van der Waals surface area (Å²) in [6.45, 7) is 2.33. The molecule has 0 spiro atoms. The van der Waals surface area contributed by atoms with Crippen LogP contribution in [-0.2, 0) is 12.7 Å². The first-order chi connectivity index (χ1) is 11.3. The quantitative estimate of drug-likeness (QED) is 0.568. The van der Waals surface area contributed by atoms with E-state index in [1.165, 1.54) is 12.1 Å². The maximum atomic E-state index is 12.7. The van der Waals surface area contributed by atoms with E-state index in [9.17, 15) is 13.2 Å². The first-order valence-corrected chi connectivity index (χ1v) is 7.95. The van der Waals surface area contributed by atoms with Crippen LogP contribution in [0.25, 0.3) is 11.0 Å². The van der Waals surface area contributed by atoms with Gasteiger partial charge in [0.1, 0.15) is 4.60 Å². The summed E-state index contributed by atoms with van der Waals surface area (Å²) < 4.78 is 46.0. The minimum atomic E-state index is -4.33. The zero-order valence-corrected chi connectivity index (χ0v) is 14.6. The lowest BCUT2D eigenvalue weighted by atomic mass is 10.1. The van der Waals surface area contributed by atoms with Crippen molar-refractivity contribution in [3.8, 4) is 5.88 Å². The molecule has 0 saturated heterocycles. The van der Waals surface area contributed by atoms with E-state index in [-0.39, 0.29) is 0 Å². The van der Waals surface area contributed by atoms with Crippen LogP contribution in [0.4, 0.5) is 13.2 Å². The highest BCUT2D eigenvalue weighted by molar-refractivity contribution is 9.10. The van der Waals surface area contributed by atoms with Gasteiger partial charge in [0.05, 0.1) is 30.3 Å². The lowest BCUT2D eigenvalue weighted by molar-refractivity contribution is -0.137. The van der Waals surface area contributed by atoms with Crippen molar-refractivity contribution in [3.05, 3.63) is 57.7 Å². The van der Waals surface area contributed by atoms with Crippen LogP contribution in [0.3, 0.4) is 0 Å². The first kappa shape index (κ1) is 16.8. The number of pyridine rings is 1. The second kappa shape index (κ2) is 6.12. The van der Waals surface area contributed by atoms with Crippen LogP contribution < -0.4 is 4.74 Å². The Morgan fingerprint density at radius 2 is 1.83 bits per heavy atom. The fourth-order valence-corrected chi connectivity index (χ4v) is 2.85. The van der Waals surface area contributed by atoms with E-state index in [0.717, 1.165) is 38.9 Å². The van der Waals surface area contributed by atoms with Crippen LogP contribution in [0.2, 0.25) is 0 Å². The Balaban J connectivity index is 2.01. The van der Waals surface area contributed by atoms with Crippen molar-refractivity contribution in [3.63, 3.8) is 0 Å². The van der Waals surface area contributed by atoms with Crippen LogP contribution in [0.15, 0.2) is 41.0 Å². The smallest absolute Gasteiger partial charge is 0.416 e. The predicted octanol–water partition coefficient (Wildman–Crippen LogP) is 5.18. The van der Waals surface area contributed by atoms with Gasteiger partial charge in [-0.2, -0.15) is 13.2 Å². The zero-order chi connectivity index (χ0) is 17.5. The molecule has 0 N–H and O–H groups in total. The van der Waals surface area contributed by atoms with Crippen molar-refractivity contribution in [2.45, 2.75) is 19.6 Å². The Kier molecular flexibility index (Phi) is 4.29. The Morgan fingerprint density at radius 3 is 2.42 bits per heavy atom. The standard InChI is InChI=1S/C17H14BrF3N2O/c1-10-7-14-13(22-16(10)18)8-15(24-2)23(14)9-11-3-5-12(6-4-11)17(19,20)21/h3-8H,9H2,1-2H3. The monoisotopic (exact) mass is 398 g/mol. The van der Waals surface area contributed by atoms with Gasteiger partial charge in [0, 0.05) is 6.07 Å². The first-order valence-electron chi connectivity index (χ1n) is 7.16. The molecular formula is C17H14BrF3N2O. The molecule has 0 saturated carbocycles. The average molecular weight is 399 g/mol.